The van der Waals surface area contributed by atoms with E-state index < -0.39 is 27.7 Å². The number of amides is 2. The van der Waals surface area contributed by atoms with Crippen LogP contribution in [0.5, 0.6) is 0 Å². The molecule has 10 heteroatoms. The Bertz CT molecular complexity index is 995. The van der Waals surface area contributed by atoms with Gasteiger partial charge in [-0.3, -0.25) is 20.4 Å². The van der Waals surface area contributed by atoms with Crippen LogP contribution in [-0.4, -0.2) is 26.8 Å². The number of carbonyl (C=O) groups excluding carboxylic acids is 2. The molecule has 27 heavy (non-hydrogen) atoms. The molecule has 3 N–H and O–H groups in total. The average Bonchev–Trinajstić information content (AvgIpc) is 2.64. The highest BCUT2D eigenvalue weighted by molar-refractivity contribution is 7.89. The topological polar surface area (TPSA) is 104 Å². The Labute approximate surface area is 160 Å². The van der Waals surface area contributed by atoms with Crippen LogP contribution >= 0.6 is 11.6 Å². The lowest BCUT2D eigenvalue weighted by Crippen LogP contribution is -2.42. The summed E-state index contributed by atoms with van der Waals surface area (Å²) in [4.78, 5) is 23.8. The van der Waals surface area contributed by atoms with E-state index in [2.05, 4.69) is 22.2 Å². The van der Waals surface area contributed by atoms with E-state index >= 15 is 0 Å². The van der Waals surface area contributed by atoms with Gasteiger partial charge in [0.2, 0.25) is 10.0 Å². The van der Waals surface area contributed by atoms with Crippen LogP contribution in [0.4, 0.5) is 4.39 Å². The summed E-state index contributed by atoms with van der Waals surface area (Å²) in [5, 5.41) is -0.0847. The van der Waals surface area contributed by atoms with Gasteiger partial charge in [0.1, 0.15) is 10.7 Å². The molecule has 0 bridgehead atoms. The van der Waals surface area contributed by atoms with Gasteiger partial charge < -0.3 is 0 Å². The number of hydrogen-bond donors (Lipinski definition) is 3. The molecule has 2 aromatic rings. The quantitative estimate of drug-likeness (QED) is 0.499. The predicted molar refractivity (Wildman–Crippen MR) is 98.2 cm³/mol. The number of rotatable bonds is 6. The number of nitrogens with one attached hydrogen (secondary N) is 3. The van der Waals surface area contributed by atoms with Crippen molar-refractivity contribution in [3.05, 3.63) is 77.1 Å². The molecule has 0 saturated heterocycles. The zero-order chi connectivity index (χ0) is 20.0. The van der Waals surface area contributed by atoms with Crippen molar-refractivity contribution in [2.24, 2.45) is 0 Å². The molecule has 2 amide bonds. The maximum Gasteiger partial charge on any atom is 0.272 e. The normalized spacial score (nSPS) is 10.9. The zero-order valence-corrected chi connectivity index (χ0v) is 15.4. The van der Waals surface area contributed by atoms with Crippen LogP contribution in [0.3, 0.4) is 0 Å². The van der Waals surface area contributed by atoms with Gasteiger partial charge in [0.25, 0.3) is 11.8 Å². The largest absolute Gasteiger partial charge is 0.272 e. The molecule has 0 aliphatic heterocycles. The molecular formula is C17H15ClFN3O4S. The number of hydrogen-bond acceptors (Lipinski definition) is 4. The minimum absolute atomic E-state index is 0.0201. The van der Waals surface area contributed by atoms with Gasteiger partial charge >= 0.3 is 0 Å². The van der Waals surface area contributed by atoms with E-state index in [1.807, 2.05) is 0 Å². The van der Waals surface area contributed by atoms with Crippen molar-refractivity contribution in [2.45, 2.75) is 4.90 Å². The van der Waals surface area contributed by atoms with Crippen molar-refractivity contribution in [1.82, 2.24) is 15.6 Å². The fraction of sp³-hybridized carbons (Fsp3) is 0.0588. The van der Waals surface area contributed by atoms with Crippen LogP contribution in [0.1, 0.15) is 20.7 Å². The number of carbonyl (C=O) groups is 2. The average molecular weight is 412 g/mol. The second kappa shape index (κ2) is 8.76. The molecule has 0 aliphatic carbocycles. The Kier molecular flexibility index (Phi) is 6.67. The number of halogens is 2. The van der Waals surface area contributed by atoms with E-state index in [1.165, 1.54) is 36.4 Å². The highest BCUT2D eigenvalue weighted by Crippen LogP contribution is 2.22. The smallest absolute Gasteiger partial charge is 0.267 e. The van der Waals surface area contributed by atoms with Crippen molar-refractivity contribution in [1.29, 1.82) is 0 Å². The number of hydrazine groups is 1. The van der Waals surface area contributed by atoms with Crippen LogP contribution in [0.2, 0.25) is 5.02 Å². The Morgan fingerprint density at radius 1 is 1.11 bits per heavy atom. The summed E-state index contributed by atoms with van der Waals surface area (Å²) in [5.74, 6) is -2.43. The summed E-state index contributed by atoms with van der Waals surface area (Å²) in [6.45, 7) is 3.39. The molecule has 2 rings (SSSR count). The van der Waals surface area contributed by atoms with Crippen LogP contribution in [0.25, 0.3) is 0 Å². The summed E-state index contributed by atoms with van der Waals surface area (Å²) >= 11 is 5.90. The van der Waals surface area contributed by atoms with E-state index in [0.29, 0.717) is 0 Å². The molecule has 0 radical (unpaired) electrons. The third-order valence-electron chi connectivity index (χ3n) is 3.31. The van der Waals surface area contributed by atoms with E-state index in [9.17, 15) is 22.4 Å². The van der Waals surface area contributed by atoms with E-state index in [0.717, 1.165) is 12.1 Å². The molecule has 0 aromatic heterocycles. The second-order valence-corrected chi connectivity index (χ2v) is 7.32. The Morgan fingerprint density at radius 2 is 1.78 bits per heavy atom. The van der Waals surface area contributed by atoms with Gasteiger partial charge in [0.05, 0.1) is 10.6 Å². The van der Waals surface area contributed by atoms with Gasteiger partial charge in [-0.05, 0) is 30.3 Å². The second-order valence-electron chi connectivity index (χ2n) is 5.17. The van der Waals surface area contributed by atoms with E-state index in [1.54, 1.807) is 0 Å². The number of benzene rings is 2. The lowest BCUT2D eigenvalue weighted by atomic mass is 10.2. The first-order valence-corrected chi connectivity index (χ1v) is 9.37. The first-order valence-electron chi connectivity index (χ1n) is 7.51. The van der Waals surface area contributed by atoms with Crippen LogP contribution in [0.15, 0.2) is 60.0 Å². The summed E-state index contributed by atoms with van der Waals surface area (Å²) in [7, 11) is -3.96. The summed E-state index contributed by atoms with van der Waals surface area (Å²) in [5.41, 5.74) is 3.81. The van der Waals surface area contributed by atoms with Gasteiger partial charge in [-0.1, -0.05) is 29.8 Å². The standard InChI is InChI=1S/C17H15ClFN3O4S/c1-2-9-20-27(25,26)15-10-11(7-8-13(15)18)16(23)21-22-17(24)12-5-3-4-6-14(12)19/h2-8,10,20H,1,9H2,(H,21,23)(H,22,24). The molecule has 0 unspecified atom stereocenters. The van der Waals surface area contributed by atoms with Crippen molar-refractivity contribution in [3.63, 3.8) is 0 Å². The molecule has 0 fully saturated rings. The van der Waals surface area contributed by atoms with Crippen molar-refractivity contribution in [3.8, 4) is 0 Å². The first-order chi connectivity index (χ1) is 12.8. The lowest BCUT2D eigenvalue weighted by molar-refractivity contribution is 0.0844. The van der Waals surface area contributed by atoms with Crippen molar-refractivity contribution < 1.29 is 22.4 Å². The minimum atomic E-state index is -3.96. The SMILES string of the molecule is C=CCNS(=O)(=O)c1cc(C(=O)NNC(=O)c2ccccc2F)ccc1Cl. The van der Waals surface area contributed by atoms with Crippen molar-refractivity contribution >= 4 is 33.4 Å². The maximum atomic E-state index is 13.5. The molecule has 0 spiro atoms. The molecule has 0 heterocycles. The summed E-state index contributed by atoms with van der Waals surface area (Å²) in [6.07, 6.45) is 1.35. The van der Waals surface area contributed by atoms with E-state index in [4.69, 9.17) is 11.6 Å². The lowest BCUT2D eigenvalue weighted by Gasteiger charge is -2.11. The van der Waals surface area contributed by atoms with Crippen LogP contribution in [0, 0.1) is 5.82 Å². The predicted octanol–water partition coefficient (Wildman–Crippen LogP) is 2.02. The molecule has 2 aromatic carbocycles. The summed E-state index contributed by atoms with van der Waals surface area (Å²) < 4.78 is 40.2. The molecule has 0 saturated carbocycles. The first kappa shape index (κ1) is 20.6. The Morgan fingerprint density at radius 3 is 2.44 bits per heavy atom. The van der Waals surface area contributed by atoms with E-state index in [-0.39, 0.29) is 27.6 Å². The monoisotopic (exact) mass is 411 g/mol. The summed E-state index contributed by atoms with van der Waals surface area (Å²) in [6, 6.07) is 8.79. The fourth-order valence-corrected chi connectivity index (χ4v) is 3.52. The molecule has 142 valence electrons. The van der Waals surface area contributed by atoms with Crippen LogP contribution < -0.4 is 15.6 Å². The van der Waals surface area contributed by atoms with Gasteiger partial charge in [-0.25, -0.2) is 17.5 Å². The molecule has 0 atom stereocenters. The fourth-order valence-electron chi connectivity index (χ4n) is 2.00. The van der Waals surface area contributed by atoms with Crippen LogP contribution in [-0.2, 0) is 10.0 Å². The zero-order valence-electron chi connectivity index (χ0n) is 13.8. The Balaban J connectivity index is 2.15. The third-order valence-corrected chi connectivity index (χ3v) is 5.21. The van der Waals surface area contributed by atoms with Crippen molar-refractivity contribution in [2.75, 3.05) is 6.54 Å². The third kappa shape index (κ3) is 5.13. The van der Waals surface area contributed by atoms with Gasteiger partial charge in [-0.2, -0.15) is 0 Å². The minimum Gasteiger partial charge on any atom is -0.267 e. The molecule has 7 nitrogen and oxygen atoms in total. The highest BCUT2D eigenvalue weighted by atomic mass is 35.5. The molecule has 0 aliphatic rings. The highest BCUT2D eigenvalue weighted by Gasteiger charge is 2.20. The number of sulfonamides is 1. The van der Waals surface area contributed by atoms with Gasteiger partial charge in [-0.15, -0.1) is 6.58 Å². The molecular weight excluding hydrogens is 397 g/mol. The van der Waals surface area contributed by atoms with Gasteiger partial charge in [0, 0.05) is 12.1 Å². The maximum absolute atomic E-state index is 13.5. The van der Waals surface area contributed by atoms with Gasteiger partial charge in [0.15, 0.2) is 0 Å². The Hall–Kier alpha value is -2.75.